The van der Waals surface area contributed by atoms with Gasteiger partial charge in [0.2, 0.25) is 13.6 Å². The molecule has 5 rings (SSSR count). The zero-order valence-corrected chi connectivity index (χ0v) is 16.7. The number of carbonyl (C=O) groups excluding carboxylic acids is 1. The van der Waals surface area contributed by atoms with Crippen molar-refractivity contribution in [1.82, 2.24) is 4.90 Å². The molecule has 0 unspecified atom stereocenters. The summed E-state index contributed by atoms with van der Waals surface area (Å²) in [6.45, 7) is 3.38. The molecule has 0 spiro atoms. The van der Waals surface area contributed by atoms with E-state index in [-0.39, 0.29) is 37.9 Å². The second-order valence-electron chi connectivity index (χ2n) is 7.67. The average molecular weight is 397 g/mol. The first kappa shape index (κ1) is 18.1. The Hall–Kier alpha value is -2.93. The van der Waals surface area contributed by atoms with Crippen LogP contribution in [0.15, 0.2) is 24.3 Å². The molecule has 3 aliphatic heterocycles. The predicted molar refractivity (Wildman–Crippen MR) is 103 cm³/mol. The van der Waals surface area contributed by atoms with Crippen molar-refractivity contribution in [2.75, 3.05) is 27.7 Å². The van der Waals surface area contributed by atoms with Gasteiger partial charge in [0.15, 0.2) is 23.0 Å². The third kappa shape index (κ3) is 2.88. The molecule has 7 nitrogen and oxygen atoms in total. The molecule has 0 N–H and O–H groups in total. The van der Waals surface area contributed by atoms with E-state index < -0.39 is 0 Å². The van der Waals surface area contributed by atoms with Gasteiger partial charge in [-0.3, -0.25) is 9.69 Å². The standard InChI is InChI=1S/C22H23NO6/c1-12-14-4-5-17-22(29-11-26-17)16(14)9-23(2)21(12)15-8-19-18(27-10-28-19)6-13(15)7-20(24)25-3/h4-6,8,12,21H,7,9-11H2,1-3H3/t12-,21-/m0/s1. The van der Waals surface area contributed by atoms with E-state index in [0.29, 0.717) is 11.5 Å². The molecule has 0 bridgehead atoms. The van der Waals surface area contributed by atoms with E-state index >= 15 is 0 Å². The van der Waals surface area contributed by atoms with Crippen molar-refractivity contribution in [3.63, 3.8) is 0 Å². The lowest BCUT2D eigenvalue weighted by molar-refractivity contribution is -0.139. The fraction of sp³-hybridized carbons (Fsp3) is 0.409. The van der Waals surface area contributed by atoms with Crippen LogP contribution in [0.1, 0.15) is 41.1 Å². The van der Waals surface area contributed by atoms with Crippen LogP contribution < -0.4 is 18.9 Å². The van der Waals surface area contributed by atoms with Crippen LogP contribution in [0, 0.1) is 0 Å². The minimum absolute atomic E-state index is 0.0667. The third-order valence-corrected chi connectivity index (χ3v) is 6.04. The molecule has 0 saturated carbocycles. The Morgan fingerprint density at radius 1 is 1.07 bits per heavy atom. The highest BCUT2D eigenvalue weighted by molar-refractivity contribution is 5.74. The fourth-order valence-corrected chi connectivity index (χ4v) is 4.70. The smallest absolute Gasteiger partial charge is 0.309 e. The summed E-state index contributed by atoms with van der Waals surface area (Å²) in [5.74, 6) is 2.93. The second-order valence-corrected chi connectivity index (χ2v) is 7.67. The summed E-state index contributed by atoms with van der Waals surface area (Å²) in [6.07, 6.45) is 0.188. The number of rotatable bonds is 3. The number of ether oxygens (including phenoxy) is 5. The van der Waals surface area contributed by atoms with Gasteiger partial charge in [-0.25, -0.2) is 0 Å². The van der Waals surface area contributed by atoms with Gasteiger partial charge in [-0.1, -0.05) is 13.0 Å². The van der Waals surface area contributed by atoms with E-state index in [1.165, 1.54) is 18.2 Å². The van der Waals surface area contributed by atoms with E-state index in [0.717, 1.165) is 29.2 Å². The maximum absolute atomic E-state index is 12.1. The molecule has 3 aliphatic rings. The molecule has 7 heteroatoms. The van der Waals surface area contributed by atoms with Crippen molar-refractivity contribution in [3.8, 4) is 23.0 Å². The molecule has 0 aliphatic carbocycles. The molecule has 3 heterocycles. The summed E-state index contributed by atoms with van der Waals surface area (Å²) < 4.78 is 27.4. The number of likely N-dealkylation sites (N-methyl/N-ethyl adjacent to an activating group) is 1. The van der Waals surface area contributed by atoms with Crippen LogP contribution >= 0.6 is 0 Å². The van der Waals surface area contributed by atoms with Crippen LogP contribution in [-0.4, -0.2) is 38.6 Å². The van der Waals surface area contributed by atoms with Crippen molar-refractivity contribution in [3.05, 3.63) is 46.5 Å². The van der Waals surface area contributed by atoms with Gasteiger partial charge in [0.1, 0.15) is 0 Å². The Kier molecular flexibility index (Phi) is 4.28. The molecule has 0 amide bonds. The minimum Gasteiger partial charge on any atom is -0.469 e. The lowest BCUT2D eigenvalue weighted by atomic mass is 9.79. The Morgan fingerprint density at radius 3 is 2.59 bits per heavy atom. The summed E-state index contributed by atoms with van der Waals surface area (Å²) in [5.41, 5.74) is 4.35. The monoisotopic (exact) mass is 397 g/mol. The molecule has 29 heavy (non-hydrogen) atoms. The third-order valence-electron chi connectivity index (χ3n) is 6.04. The summed E-state index contributed by atoms with van der Waals surface area (Å²) >= 11 is 0. The number of hydrogen-bond acceptors (Lipinski definition) is 7. The highest BCUT2D eigenvalue weighted by Crippen LogP contribution is 2.50. The van der Waals surface area contributed by atoms with Gasteiger partial charge in [0, 0.05) is 24.1 Å². The van der Waals surface area contributed by atoms with Crippen LogP contribution in [-0.2, 0) is 22.5 Å². The Morgan fingerprint density at radius 2 is 1.79 bits per heavy atom. The zero-order valence-electron chi connectivity index (χ0n) is 16.7. The van der Waals surface area contributed by atoms with E-state index in [2.05, 4.69) is 24.9 Å². The van der Waals surface area contributed by atoms with Gasteiger partial charge in [0.25, 0.3) is 0 Å². The molecule has 0 aromatic heterocycles. The first-order chi connectivity index (χ1) is 14.1. The first-order valence-electron chi connectivity index (χ1n) is 9.67. The predicted octanol–water partition coefficient (Wildman–Crippen LogP) is 3.15. The summed E-state index contributed by atoms with van der Waals surface area (Å²) in [5, 5.41) is 0. The molecule has 2 aromatic carbocycles. The van der Waals surface area contributed by atoms with Gasteiger partial charge >= 0.3 is 5.97 Å². The summed E-state index contributed by atoms with van der Waals surface area (Å²) in [7, 11) is 3.50. The summed E-state index contributed by atoms with van der Waals surface area (Å²) in [6, 6.07) is 8.09. The Bertz CT molecular complexity index is 988. The average Bonchev–Trinajstić information content (AvgIpc) is 3.36. The van der Waals surface area contributed by atoms with Crippen LogP contribution in [0.5, 0.6) is 23.0 Å². The maximum atomic E-state index is 12.1. The molecular weight excluding hydrogens is 374 g/mol. The number of nitrogens with zero attached hydrogens (tertiary/aromatic N) is 1. The number of carbonyl (C=O) groups is 1. The normalized spacial score (nSPS) is 21.8. The van der Waals surface area contributed by atoms with Gasteiger partial charge in [-0.2, -0.15) is 0 Å². The molecule has 0 saturated heterocycles. The van der Waals surface area contributed by atoms with Crippen LogP contribution in [0.4, 0.5) is 0 Å². The summed E-state index contributed by atoms with van der Waals surface area (Å²) in [4.78, 5) is 14.4. The number of methoxy groups -OCH3 is 1. The maximum Gasteiger partial charge on any atom is 0.309 e. The molecular formula is C22H23NO6. The lowest BCUT2D eigenvalue weighted by Crippen LogP contribution is -2.34. The van der Waals surface area contributed by atoms with Gasteiger partial charge < -0.3 is 23.7 Å². The zero-order chi connectivity index (χ0) is 20.1. The van der Waals surface area contributed by atoms with Crippen molar-refractivity contribution >= 4 is 5.97 Å². The van der Waals surface area contributed by atoms with Crippen molar-refractivity contribution in [1.29, 1.82) is 0 Å². The Labute approximate surface area is 169 Å². The molecule has 0 fully saturated rings. The number of esters is 1. The van der Waals surface area contributed by atoms with Gasteiger partial charge in [-0.15, -0.1) is 0 Å². The van der Waals surface area contributed by atoms with Crippen molar-refractivity contribution in [2.24, 2.45) is 0 Å². The van der Waals surface area contributed by atoms with Gasteiger partial charge in [-0.05, 0) is 41.9 Å². The van der Waals surface area contributed by atoms with E-state index in [4.69, 9.17) is 23.7 Å². The van der Waals surface area contributed by atoms with Crippen molar-refractivity contribution < 1.29 is 28.5 Å². The molecule has 2 aromatic rings. The minimum atomic E-state index is -0.278. The van der Waals surface area contributed by atoms with E-state index in [9.17, 15) is 4.79 Å². The number of benzene rings is 2. The van der Waals surface area contributed by atoms with Crippen LogP contribution in [0.25, 0.3) is 0 Å². The SMILES string of the molecule is COC(=O)Cc1cc2c(cc1[C@@H]1[C@@H](C)c3ccc4c(c3CN1C)OCO4)OCO2. The van der Waals surface area contributed by atoms with Crippen molar-refractivity contribution in [2.45, 2.75) is 31.8 Å². The van der Waals surface area contributed by atoms with Gasteiger partial charge in [0.05, 0.1) is 13.5 Å². The lowest BCUT2D eigenvalue weighted by Gasteiger charge is -2.40. The number of fused-ring (bicyclic) bond motifs is 4. The molecule has 2 atom stereocenters. The molecule has 152 valence electrons. The topological polar surface area (TPSA) is 66.5 Å². The number of hydrogen-bond donors (Lipinski definition) is 0. The first-order valence-corrected chi connectivity index (χ1v) is 9.67. The highest BCUT2D eigenvalue weighted by atomic mass is 16.7. The largest absolute Gasteiger partial charge is 0.469 e. The van der Waals surface area contributed by atoms with E-state index in [1.54, 1.807) is 0 Å². The van der Waals surface area contributed by atoms with Crippen LogP contribution in [0.2, 0.25) is 0 Å². The second kappa shape index (κ2) is 6.84. The van der Waals surface area contributed by atoms with E-state index in [1.807, 2.05) is 18.2 Å². The highest BCUT2D eigenvalue weighted by Gasteiger charge is 2.37. The molecule has 0 radical (unpaired) electrons. The fourth-order valence-electron chi connectivity index (χ4n) is 4.70. The van der Waals surface area contributed by atoms with Crippen LogP contribution in [0.3, 0.4) is 0 Å². The Balaban J connectivity index is 1.59. The quantitative estimate of drug-likeness (QED) is 0.737.